The van der Waals surface area contributed by atoms with Crippen LogP contribution in [0.5, 0.6) is 0 Å². The number of benzene rings is 1. The Morgan fingerprint density at radius 1 is 1.44 bits per heavy atom. The van der Waals surface area contributed by atoms with Crippen molar-refractivity contribution in [3.05, 3.63) is 35.9 Å². The number of nitrogens with zero attached hydrogens (tertiary/aromatic N) is 1. The van der Waals surface area contributed by atoms with Crippen LogP contribution in [0.2, 0.25) is 0 Å². The number of rotatable bonds is 2. The van der Waals surface area contributed by atoms with E-state index in [1.54, 1.807) is 0 Å². The molecule has 0 aliphatic carbocycles. The predicted octanol–water partition coefficient (Wildman–Crippen LogP) is 1.53. The lowest BCUT2D eigenvalue weighted by molar-refractivity contribution is -0.144. The third kappa shape index (κ3) is 3.35. The number of carbonyl (C=O) groups is 1. The normalized spacial score (nSPS) is 19.1. The molecular formula is C15H17NO2. The number of ether oxygens (including phenoxy) is 1. The van der Waals surface area contributed by atoms with Crippen LogP contribution in [0, 0.1) is 17.8 Å². The number of hydrogen-bond acceptors (Lipinski definition) is 3. The summed E-state index contributed by atoms with van der Waals surface area (Å²) >= 11 is 0. The van der Waals surface area contributed by atoms with Gasteiger partial charge in [0.25, 0.3) is 0 Å². The highest BCUT2D eigenvalue weighted by atomic mass is 16.5. The molecule has 2 rings (SSSR count). The largest absolute Gasteiger partial charge is 0.469 e. The molecule has 0 spiro atoms. The molecule has 3 heteroatoms. The van der Waals surface area contributed by atoms with E-state index >= 15 is 0 Å². The number of methoxy groups -OCH3 is 1. The summed E-state index contributed by atoms with van der Waals surface area (Å²) in [5.74, 6) is 6.19. The van der Waals surface area contributed by atoms with Crippen LogP contribution in [0.15, 0.2) is 30.3 Å². The lowest BCUT2D eigenvalue weighted by Crippen LogP contribution is -2.24. The van der Waals surface area contributed by atoms with E-state index in [1.807, 2.05) is 30.3 Å². The van der Waals surface area contributed by atoms with Gasteiger partial charge in [-0.3, -0.25) is 9.69 Å². The highest BCUT2D eigenvalue weighted by Gasteiger charge is 2.28. The third-order valence-corrected chi connectivity index (χ3v) is 3.12. The highest BCUT2D eigenvalue weighted by Crippen LogP contribution is 2.16. The molecule has 94 valence electrons. The second-order valence-corrected chi connectivity index (χ2v) is 4.41. The molecule has 1 aromatic carbocycles. The summed E-state index contributed by atoms with van der Waals surface area (Å²) in [5.41, 5.74) is 1.03. The average Bonchev–Trinajstić information content (AvgIpc) is 2.88. The molecule has 0 radical (unpaired) electrons. The van der Waals surface area contributed by atoms with Crippen molar-refractivity contribution in [3.8, 4) is 11.8 Å². The molecule has 1 atom stereocenters. The molecule has 3 nitrogen and oxygen atoms in total. The molecule has 1 unspecified atom stereocenters. The van der Waals surface area contributed by atoms with Crippen molar-refractivity contribution in [2.45, 2.75) is 6.42 Å². The van der Waals surface area contributed by atoms with Crippen LogP contribution in [0.1, 0.15) is 12.0 Å². The molecule has 0 saturated carbocycles. The summed E-state index contributed by atoms with van der Waals surface area (Å²) in [7, 11) is 1.44. The Hall–Kier alpha value is -1.79. The van der Waals surface area contributed by atoms with Gasteiger partial charge in [-0.15, -0.1) is 0 Å². The van der Waals surface area contributed by atoms with E-state index in [0.29, 0.717) is 6.54 Å². The van der Waals surface area contributed by atoms with Gasteiger partial charge in [0.1, 0.15) is 0 Å². The molecule has 1 aliphatic rings. The second-order valence-electron chi connectivity index (χ2n) is 4.41. The maximum Gasteiger partial charge on any atom is 0.310 e. The van der Waals surface area contributed by atoms with Crippen molar-refractivity contribution in [3.63, 3.8) is 0 Å². The zero-order valence-electron chi connectivity index (χ0n) is 10.6. The van der Waals surface area contributed by atoms with Gasteiger partial charge >= 0.3 is 5.97 Å². The number of likely N-dealkylation sites (tertiary alicyclic amines) is 1. The van der Waals surface area contributed by atoms with Crippen LogP contribution in [0.25, 0.3) is 0 Å². The van der Waals surface area contributed by atoms with Gasteiger partial charge in [0.15, 0.2) is 0 Å². The summed E-state index contributed by atoms with van der Waals surface area (Å²) in [4.78, 5) is 13.6. The summed E-state index contributed by atoms with van der Waals surface area (Å²) in [5, 5.41) is 0. The van der Waals surface area contributed by atoms with Gasteiger partial charge in [0.2, 0.25) is 0 Å². The zero-order valence-corrected chi connectivity index (χ0v) is 10.6. The molecule has 1 aromatic rings. The van der Waals surface area contributed by atoms with E-state index in [9.17, 15) is 4.79 Å². The Labute approximate surface area is 108 Å². The second kappa shape index (κ2) is 6.23. The van der Waals surface area contributed by atoms with Gasteiger partial charge in [-0.2, -0.15) is 0 Å². The van der Waals surface area contributed by atoms with Crippen molar-refractivity contribution >= 4 is 5.97 Å². The summed E-state index contributed by atoms with van der Waals surface area (Å²) in [6, 6.07) is 9.93. The standard InChI is InChI=1S/C15H17NO2/c1-18-15(17)14-9-11-16(12-14)10-5-8-13-6-3-2-4-7-13/h2-4,6-7,14H,9-12H2,1H3. The molecule has 0 amide bonds. The fourth-order valence-corrected chi connectivity index (χ4v) is 2.11. The molecule has 1 fully saturated rings. The first-order valence-electron chi connectivity index (χ1n) is 6.13. The van der Waals surface area contributed by atoms with Crippen LogP contribution in [-0.2, 0) is 9.53 Å². The third-order valence-electron chi connectivity index (χ3n) is 3.12. The monoisotopic (exact) mass is 243 g/mol. The minimum Gasteiger partial charge on any atom is -0.469 e. The van der Waals surface area contributed by atoms with Crippen molar-refractivity contribution in [1.82, 2.24) is 4.90 Å². The first-order valence-corrected chi connectivity index (χ1v) is 6.13. The van der Waals surface area contributed by atoms with E-state index in [0.717, 1.165) is 25.1 Å². The lowest BCUT2D eigenvalue weighted by Gasteiger charge is -2.10. The van der Waals surface area contributed by atoms with Crippen LogP contribution in [-0.4, -0.2) is 37.6 Å². The first kappa shape index (κ1) is 12.7. The van der Waals surface area contributed by atoms with E-state index < -0.39 is 0 Å². The van der Waals surface area contributed by atoms with Crippen LogP contribution in [0.3, 0.4) is 0 Å². The van der Waals surface area contributed by atoms with Gasteiger partial charge in [0.05, 0.1) is 19.6 Å². The smallest absolute Gasteiger partial charge is 0.310 e. The summed E-state index contributed by atoms with van der Waals surface area (Å²) in [6.07, 6.45) is 0.875. The molecule has 18 heavy (non-hydrogen) atoms. The fraction of sp³-hybridized carbons (Fsp3) is 0.400. The summed E-state index contributed by atoms with van der Waals surface area (Å²) in [6.45, 7) is 2.39. The molecule has 0 bridgehead atoms. The van der Waals surface area contributed by atoms with Crippen molar-refractivity contribution in [2.75, 3.05) is 26.7 Å². The van der Waals surface area contributed by atoms with Crippen molar-refractivity contribution in [2.24, 2.45) is 5.92 Å². The predicted molar refractivity (Wildman–Crippen MR) is 69.9 cm³/mol. The first-order chi connectivity index (χ1) is 8.79. The molecule has 0 aromatic heterocycles. The van der Waals surface area contributed by atoms with Gasteiger partial charge in [-0.05, 0) is 25.1 Å². The van der Waals surface area contributed by atoms with E-state index in [-0.39, 0.29) is 11.9 Å². The van der Waals surface area contributed by atoms with Gasteiger partial charge in [-0.25, -0.2) is 0 Å². The average molecular weight is 243 g/mol. The molecule has 0 N–H and O–H groups in total. The molecule has 1 heterocycles. The molecule has 1 saturated heterocycles. The Morgan fingerprint density at radius 2 is 2.22 bits per heavy atom. The van der Waals surface area contributed by atoms with Crippen LogP contribution >= 0.6 is 0 Å². The Balaban J connectivity index is 1.83. The maximum absolute atomic E-state index is 11.4. The number of carbonyl (C=O) groups excluding carboxylic acids is 1. The minimum atomic E-state index is -0.103. The lowest BCUT2D eigenvalue weighted by atomic mass is 10.1. The fourth-order valence-electron chi connectivity index (χ4n) is 2.11. The van der Waals surface area contributed by atoms with Crippen LogP contribution in [0.4, 0.5) is 0 Å². The van der Waals surface area contributed by atoms with E-state index in [2.05, 4.69) is 16.7 Å². The van der Waals surface area contributed by atoms with Gasteiger partial charge < -0.3 is 4.74 Å². The van der Waals surface area contributed by atoms with E-state index in [4.69, 9.17) is 4.74 Å². The Kier molecular flexibility index (Phi) is 4.38. The quantitative estimate of drug-likeness (QED) is 0.583. The zero-order chi connectivity index (χ0) is 12.8. The minimum absolute atomic E-state index is 0.0218. The van der Waals surface area contributed by atoms with Crippen molar-refractivity contribution < 1.29 is 9.53 Å². The topological polar surface area (TPSA) is 29.5 Å². The van der Waals surface area contributed by atoms with Gasteiger partial charge in [0, 0.05) is 12.1 Å². The van der Waals surface area contributed by atoms with E-state index in [1.165, 1.54) is 7.11 Å². The number of hydrogen-bond donors (Lipinski definition) is 0. The van der Waals surface area contributed by atoms with Gasteiger partial charge in [-0.1, -0.05) is 30.0 Å². The number of esters is 1. The van der Waals surface area contributed by atoms with Crippen LogP contribution < -0.4 is 0 Å². The Bertz CT molecular complexity index is 458. The Morgan fingerprint density at radius 3 is 2.94 bits per heavy atom. The molecule has 1 aliphatic heterocycles. The van der Waals surface area contributed by atoms with Crippen molar-refractivity contribution in [1.29, 1.82) is 0 Å². The SMILES string of the molecule is COC(=O)C1CCN(CC#Cc2ccccc2)C1. The summed E-state index contributed by atoms with van der Waals surface area (Å²) < 4.78 is 4.75. The highest BCUT2D eigenvalue weighted by molar-refractivity contribution is 5.72. The maximum atomic E-state index is 11.4. The molecular weight excluding hydrogens is 226 g/mol.